The summed E-state index contributed by atoms with van der Waals surface area (Å²) in [6.07, 6.45) is 1.10. The summed E-state index contributed by atoms with van der Waals surface area (Å²) in [6.45, 7) is 3.32. The van der Waals surface area contributed by atoms with Gasteiger partial charge in [-0.05, 0) is 35.4 Å². The molecule has 4 nitrogen and oxygen atoms in total. The molecule has 0 radical (unpaired) electrons. The molecule has 0 unspecified atom stereocenters. The minimum absolute atomic E-state index is 0.241. The summed E-state index contributed by atoms with van der Waals surface area (Å²) in [4.78, 5) is 21.8. The molecule has 2 rings (SSSR count). The van der Waals surface area contributed by atoms with Crippen LogP contribution in [0.2, 0.25) is 0 Å². The van der Waals surface area contributed by atoms with Gasteiger partial charge in [-0.1, -0.05) is 30.8 Å². The molecule has 0 amide bonds. The summed E-state index contributed by atoms with van der Waals surface area (Å²) in [6, 6.07) is 13.5. The summed E-state index contributed by atoms with van der Waals surface area (Å²) in [5.74, 6) is -1.03. The molecule has 0 aliphatic carbocycles. The molecule has 2 aromatic carbocycles. The molecule has 0 heterocycles. The van der Waals surface area contributed by atoms with E-state index >= 15 is 0 Å². The molecule has 1 N–H and O–H groups in total. The molecule has 0 aliphatic rings. The van der Waals surface area contributed by atoms with Crippen molar-refractivity contribution in [1.82, 2.24) is 0 Å². The lowest BCUT2D eigenvalue weighted by molar-refractivity contribution is -0.128. The average Bonchev–Trinajstić information content (AvgIpc) is 2.48. The molecular weight excluding hydrogens is 256 g/mol. The number of carbonyl (C=O) groups excluding carboxylic acids is 1. The van der Waals surface area contributed by atoms with Crippen LogP contribution in [0.3, 0.4) is 0 Å². The largest absolute Gasteiger partial charge is 0.478 e. The van der Waals surface area contributed by atoms with Gasteiger partial charge in [-0.25, -0.2) is 9.59 Å². The Kier molecular flexibility index (Phi) is 3.96. The smallest absolute Gasteiger partial charge is 0.335 e. The maximum atomic E-state index is 11.0. The van der Waals surface area contributed by atoms with Gasteiger partial charge in [-0.2, -0.15) is 0 Å². The van der Waals surface area contributed by atoms with E-state index in [0.29, 0.717) is 5.75 Å². The van der Waals surface area contributed by atoms with Gasteiger partial charge in [0.25, 0.3) is 0 Å². The summed E-state index contributed by atoms with van der Waals surface area (Å²) in [7, 11) is 0. The van der Waals surface area contributed by atoms with Crippen molar-refractivity contribution in [3.8, 4) is 16.9 Å². The molecule has 100 valence electrons. The van der Waals surface area contributed by atoms with Crippen LogP contribution in [0.4, 0.5) is 0 Å². The minimum Gasteiger partial charge on any atom is -0.478 e. The van der Waals surface area contributed by atoms with Crippen LogP contribution in [0.1, 0.15) is 10.4 Å². The van der Waals surface area contributed by atoms with E-state index in [4.69, 9.17) is 9.84 Å². The lowest BCUT2D eigenvalue weighted by Crippen LogP contribution is -2.02. The second kappa shape index (κ2) is 5.84. The van der Waals surface area contributed by atoms with Crippen LogP contribution in [-0.2, 0) is 4.79 Å². The maximum Gasteiger partial charge on any atom is 0.335 e. The van der Waals surface area contributed by atoms with E-state index in [1.807, 2.05) is 0 Å². The second-order valence-corrected chi connectivity index (χ2v) is 4.03. The van der Waals surface area contributed by atoms with Gasteiger partial charge in [-0.3, -0.25) is 0 Å². The minimum atomic E-state index is -0.955. The third kappa shape index (κ3) is 3.11. The zero-order chi connectivity index (χ0) is 14.5. The maximum absolute atomic E-state index is 11.0. The van der Waals surface area contributed by atoms with Crippen molar-refractivity contribution in [1.29, 1.82) is 0 Å². The predicted octanol–water partition coefficient (Wildman–Crippen LogP) is 3.14. The van der Waals surface area contributed by atoms with E-state index in [-0.39, 0.29) is 5.56 Å². The molecule has 2 aromatic rings. The zero-order valence-corrected chi connectivity index (χ0v) is 10.6. The number of hydrogen-bond donors (Lipinski definition) is 1. The number of rotatable bonds is 4. The Labute approximate surface area is 115 Å². The number of esters is 1. The van der Waals surface area contributed by atoms with Crippen LogP contribution < -0.4 is 4.74 Å². The average molecular weight is 268 g/mol. The van der Waals surface area contributed by atoms with Crippen LogP contribution in [-0.4, -0.2) is 17.0 Å². The van der Waals surface area contributed by atoms with Gasteiger partial charge in [0.1, 0.15) is 5.75 Å². The number of hydrogen-bond acceptors (Lipinski definition) is 3. The quantitative estimate of drug-likeness (QED) is 0.525. The van der Waals surface area contributed by atoms with Crippen LogP contribution in [0.5, 0.6) is 5.75 Å². The van der Waals surface area contributed by atoms with E-state index in [1.54, 1.807) is 48.5 Å². The number of carbonyl (C=O) groups is 2. The topological polar surface area (TPSA) is 63.6 Å². The molecule has 20 heavy (non-hydrogen) atoms. The van der Waals surface area contributed by atoms with Crippen LogP contribution in [0.25, 0.3) is 11.1 Å². The van der Waals surface area contributed by atoms with E-state index in [2.05, 4.69) is 6.58 Å². The lowest BCUT2D eigenvalue weighted by atomic mass is 10.0. The fourth-order valence-electron chi connectivity index (χ4n) is 1.68. The van der Waals surface area contributed by atoms with Crippen molar-refractivity contribution in [2.75, 3.05) is 0 Å². The number of carboxylic acid groups (broad SMARTS) is 1. The standard InChI is InChI=1S/C16H12O4/c1-2-15(17)20-14-9-7-12(8-10-14)11-3-5-13(6-4-11)16(18)19/h2-10H,1H2,(H,18,19). The summed E-state index contributed by atoms with van der Waals surface area (Å²) >= 11 is 0. The van der Waals surface area contributed by atoms with Crippen molar-refractivity contribution in [3.63, 3.8) is 0 Å². The first-order valence-electron chi connectivity index (χ1n) is 5.88. The van der Waals surface area contributed by atoms with Crippen molar-refractivity contribution in [2.45, 2.75) is 0 Å². The summed E-state index contributed by atoms with van der Waals surface area (Å²) < 4.78 is 4.97. The highest BCUT2D eigenvalue weighted by Crippen LogP contribution is 2.23. The highest BCUT2D eigenvalue weighted by atomic mass is 16.5. The molecule has 0 atom stereocenters. The number of ether oxygens (including phenoxy) is 1. The Morgan fingerprint density at radius 1 is 0.950 bits per heavy atom. The molecular formula is C16H12O4. The van der Waals surface area contributed by atoms with Gasteiger partial charge in [0.15, 0.2) is 0 Å². The molecule has 0 bridgehead atoms. The lowest BCUT2D eigenvalue weighted by Gasteiger charge is -2.05. The highest BCUT2D eigenvalue weighted by molar-refractivity contribution is 5.88. The third-order valence-electron chi connectivity index (χ3n) is 2.70. The predicted molar refractivity (Wildman–Crippen MR) is 74.7 cm³/mol. The van der Waals surface area contributed by atoms with Crippen molar-refractivity contribution < 1.29 is 19.4 Å². The zero-order valence-electron chi connectivity index (χ0n) is 10.6. The second-order valence-electron chi connectivity index (χ2n) is 4.03. The first kappa shape index (κ1) is 13.5. The van der Waals surface area contributed by atoms with Crippen LogP contribution in [0.15, 0.2) is 61.2 Å². The molecule has 0 aliphatic heterocycles. The van der Waals surface area contributed by atoms with Crippen LogP contribution in [0, 0.1) is 0 Å². The highest BCUT2D eigenvalue weighted by Gasteiger charge is 2.04. The molecule has 0 saturated heterocycles. The normalized spacial score (nSPS) is 9.80. The van der Waals surface area contributed by atoms with Crippen molar-refractivity contribution in [3.05, 3.63) is 66.7 Å². The Bertz CT molecular complexity index is 639. The first-order valence-corrected chi connectivity index (χ1v) is 5.88. The SMILES string of the molecule is C=CC(=O)Oc1ccc(-c2ccc(C(=O)O)cc2)cc1. The number of benzene rings is 2. The third-order valence-corrected chi connectivity index (χ3v) is 2.70. The van der Waals surface area contributed by atoms with E-state index in [9.17, 15) is 9.59 Å². The van der Waals surface area contributed by atoms with Crippen LogP contribution >= 0.6 is 0 Å². The fraction of sp³-hybridized carbons (Fsp3) is 0. The van der Waals surface area contributed by atoms with E-state index < -0.39 is 11.9 Å². The van der Waals surface area contributed by atoms with Crippen molar-refractivity contribution in [2.24, 2.45) is 0 Å². The summed E-state index contributed by atoms with van der Waals surface area (Å²) in [5, 5.41) is 8.83. The van der Waals surface area contributed by atoms with Crippen molar-refractivity contribution >= 4 is 11.9 Å². The Balaban J connectivity index is 2.19. The molecule has 4 heteroatoms. The molecule has 0 fully saturated rings. The molecule has 0 saturated carbocycles. The Morgan fingerprint density at radius 2 is 1.45 bits per heavy atom. The monoisotopic (exact) mass is 268 g/mol. The van der Waals surface area contributed by atoms with Gasteiger partial charge >= 0.3 is 11.9 Å². The van der Waals surface area contributed by atoms with Gasteiger partial charge in [0.05, 0.1) is 5.56 Å². The Hall–Kier alpha value is -2.88. The van der Waals surface area contributed by atoms with Gasteiger partial charge in [0.2, 0.25) is 0 Å². The molecule has 0 aromatic heterocycles. The van der Waals surface area contributed by atoms with Gasteiger partial charge < -0.3 is 9.84 Å². The first-order chi connectivity index (χ1) is 9.60. The van der Waals surface area contributed by atoms with Gasteiger partial charge in [-0.15, -0.1) is 0 Å². The number of aromatic carboxylic acids is 1. The summed E-state index contributed by atoms with van der Waals surface area (Å²) in [5.41, 5.74) is 2.03. The van der Waals surface area contributed by atoms with Gasteiger partial charge in [0, 0.05) is 6.08 Å². The fourth-order valence-corrected chi connectivity index (χ4v) is 1.68. The van der Waals surface area contributed by atoms with E-state index in [0.717, 1.165) is 17.2 Å². The Morgan fingerprint density at radius 3 is 1.90 bits per heavy atom. The number of carboxylic acids is 1. The van der Waals surface area contributed by atoms with E-state index in [1.165, 1.54) is 0 Å². The molecule has 0 spiro atoms.